The van der Waals surface area contributed by atoms with Gasteiger partial charge in [0.1, 0.15) is 6.61 Å². The summed E-state index contributed by atoms with van der Waals surface area (Å²) in [6.45, 7) is 5.70. The van der Waals surface area contributed by atoms with Crippen LogP contribution in [-0.4, -0.2) is 48.2 Å². The molecule has 9 nitrogen and oxygen atoms in total. The van der Waals surface area contributed by atoms with Crippen molar-refractivity contribution >= 4 is 24.0 Å². The molecule has 0 N–H and O–H groups in total. The monoisotopic (exact) mass is 281 g/mol. The molecule has 4 amide bonds. The molecule has 1 aliphatic heterocycles. The maximum atomic E-state index is 11.2. The molecule has 0 aromatic carbocycles. The average Bonchev–Trinajstić information content (AvgIpc) is 2.75. The van der Waals surface area contributed by atoms with Gasteiger partial charge in [-0.05, 0) is 0 Å². The zero-order valence-electron chi connectivity index (χ0n) is 10.4. The molecule has 0 fully saturated rings. The normalized spacial score (nSPS) is 14.9. The van der Waals surface area contributed by atoms with Crippen LogP contribution >= 0.6 is 0 Å². The fraction of sp³-hybridized carbons (Fsp3) is 0.273. The number of urea groups is 2. The predicted octanol–water partition coefficient (Wildman–Crippen LogP) is 0.821. The molecule has 106 valence electrons. The van der Waals surface area contributed by atoms with Gasteiger partial charge >= 0.3 is 24.0 Å². The molecule has 9 heteroatoms. The first-order valence-electron chi connectivity index (χ1n) is 5.37. The Morgan fingerprint density at radius 2 is 1.70 bits per heavy atom. The van der Waals surface area contributed by atoms with Crippen molar-refractivity contribution in [3.05, 3.63) is 25.3 Å². The number of carbonyl (C=O) groups excluding carboxylic acids is 4. The summed E-state index contributed by atoms with van der Waals surface area (Å²) < 4.78 is 9.56. The fourth-order valence-electron chi connectivity index (χ4n) is 1.21. The number of nitrogens with zero attached hydrogens (tertiary/aromatic N) is 3. The zero-order valence-corrected chi connectivity index (χ0v) is 10.4. The second-order valence-electron chi connectivity index (χ2n) is 3.47. The number of ether oxygens (including phenoxy) is 2. The maximum absolute atomic E-state index is 11.2. The summed E-state index contributed by atoms with van der Waals surface area (Å²) in [4.78, 5) is 45.2. The summed E-state index contributed by atoms with van der Waals surface area (Å²) in [5.41, 5.74) is 0. The van der Waals surface area contributed by atoms with Gasteiger partial charge in [-0.15, -0.1) is 0 Å². The molecule has 1 heterocycles. The summed E-state index contributed by atoms with van der Waals surface area (Å²) in [7, 11) is 0. The van der Waals surface area contributed by atoms with Gasteiger partial charge in [-0.25, -0.2) is 24.1 Å². The van der Waals surface area contributed by atoms with Gasteiger partial charge in [0.25, 0.3) is 0 Å². The third-order valence-electron chi connectivity index (χ3n) is 2.10. The molecule has 0 saturated carbocycles. The molecular formula is C11H11N3O6. The van der Waals surface area contributed by atoms with Crippen molar-refractivity contribution in [2.45, 2.75) is 6.10 Å². The Hall–Kier alpha value is -2.84. The number of rotatable bonds is 7. The van der Waals surface area contributed by atoms with Crippen molar-refractivity contribution in [2.24, 2.45) is 10.2 Å². The van der Waals surface area contributed by atoms with Crippen LogP contribution in [0.2, 0.25) is 0 Å². The average molecular weight is 281 g/mol. The van der Waals surface area contributed by atoms with Gasteiger partial charge < -0.3 is 9.47 Å². The van der Waals surface area contributed by atoms with Crippen LogP contribution in [0.5, 0.6) is 0 Å². The molecule has 0 aliphatic carbocycles. The number of imide groups is 1. The molecule has 1 aliphatic rings. The lowest BCUT2D eigenvalue weighted by Crippen LogP contribution is -2.40. The van der Waals surface area contributed by atoms with E-state index in [-0.39, 0.29) is 13.2 Å². The van der Waals surface area contributed by atoms with E-state index in [0.717, 1.165) is 12.2 Å². The van der Waals surface area contributed by atoms with Crippen LogP contribution in [0.1, 0.15) is 0 Å². The van der Waals surface area contributed by atoms with Crippen molar-refractivity contribution in [1.29, 1.82) is 0 Å². The van der Waals surface area contributed by atoms with Crippen LogP contribution in [0, 0.1) is 0 Å². The second kappa shape index (κ2) is 6.92. The van der Waals surface area contributed by atoms with Crippen molar-refractivity contribution in [2.75, 3.05) is 13.2 Å². The molecule has 0 aromatic rings. The third kappa shape index (κ3) is 4.12. The van der Waals surface area contributed by atoms with Crippen LogP contribution in [0.25, 0.3) is 0 Å². The van der Waals surface area contributed by atoms with Gasteiger partial charge in [0, 0.05) is 12.2 Å². The Bertz CT molecular complexity index is 480. The first-order valence-corrected chi connectivity index (χ1v) is 5.37. The van der Waals surface area contributed by atoms with Gasteiger partial charge in [0.05, 0.1) is 6.54 Å². The minimum Gasteiger partial charge on any atom is -0.459 e. The number of hydrogen-bond donors (Lipinski definition) is 0. The Balaban J connectivity index is 2.66. The largest absolute Gasteiger partial charge is 0.459 e. The summed E-state index contributed by atoms with van der Waals surface area (Å²) in [5.74, 6) is -1.53. The highest BCUT2D eigenvalue weighted by Crippen LogP contribution is 2.10. The Kier molecular flexibility index (Phi) is 5.27. The molecule has 1 rings (SSSR count). The standard InChI is InChI=1S/C11H11N3O6/c1-3-8(15)19-6-7(20-9(16)4-2)5-14-10(17)12-13-11(14)18/h3-4,7H,1-2,5-6H2. The van der Waals surface area contributed by atoms with E-state index in [4.69, 9.17) is 9.47 Å². The minimum absolute atomic E-state index is 0.339. The van der Waals surface area contributed by atoms with E-state index >= 15 is 0 Å². The number of hydrogen-bond acceptors (Lipinski definition) is 6. The zero-order chi connectivity index (χ0) is 15.1. The maximum Gasteiger partial charge on any atom is 0.370 e. The molecule has 20 heavy (non-hydrogen) atoms. The van der Waals surface area contributed by atoms with E-state index in [2.05, 4.69) is 23.4 Å². The van der Waals surface area contributed by atoms with Crippen LogP contribution in [0.3, 0.4) is 0 Å². The quantitative estimate of drug-likeness (QED) is 0.504. The molecular weight excluding hydrogens is 270 g/mol. The second-order valence-corrected chi connectivity index (χ2v) is 3.47. The molecule has 0 spiro atoms. The van der Waals surface area contributed by atoms with E-state index in [0.29, 0.717) is 4.90 Å². The van der Waals surface area contributed by atoms with Gasteiger partial charge in [-0.2, -0.15) is 0 Å². The SMILES string of the molecule is C=CC(=O)OCC(CN1C(=O)N=NC1=O)OC(=O)C=C. The lowest BCUT2D eigenvalue weighted by atomic mass is 10.3. The molecule has 0 bridgehead atoms. The number of azo groups is 1. The first kappa shape index (κ1) is 15.2. The topological polar surface area (TPSA) is 115 Å². The number of amides is 4. The lowest BCUT2D eigenvalue weighted by molar-refractivity contribution is -0.153. The van der Waals surface area contributed by atoms with E-state index in [1.165, 1.54) is 0 Å². The molecule has 1 unspecified atom stereocenters. The lowest BCUT2D eigenvalue weighted by Gasteiger charge is -2.20. The smallest absolute Gasteiger partial charge is 0.370 e. The Labute approximate surface area is 113 Å². The van der Waals surface area contributed by atoms with E-state index in [1.54, 1.807) is 0 Å². The van der Waals surface area contributed by atoms with E-state index in [1.807, 2.05) is 0 Å². The van der Waals surface area contributed by atoms with Crippen molar-refractivity contribution in [1.82, 2.24) is 4.90 Å². The number of carbonyl (C=O) groups is 4. The van der Waals surface area contributed by atoms with Crippen molar-refractivity contribution < 1.29 is 28.7 Å². The molecule has 0 aromatic heterocycles. The molecule has 0 saturated heterocycles. The minimum atomic E-state index is -1.05. The third-order valence-corrected chi connectivity index (χ3v) is 2.10. The number of esters is 2. The van der Waals surface area contributed by atoms with Gasteiger partial charge in [-0.1, -0.05) is 23.4 Å². The summed E-state index contributed by atoms with van der Waals surface area (Å²) in [6.07, 6.45) is 0.759. The Morgan fingerprint density at radius 1 is 1.15 bits per heavy atom. The van der Waals surface area contributed by atoms with Crippen LogP contribution in [-0.2, 0) is 19.1 Å². The van der Waals surface area contributed by atoms with Crippen LogP contribution in [0.4, 0.5) is 9.59 Å². The van der Waals surface area contributed by atoms with Gasteiger partial charge in [0.15, 0.2) is 6.10 Å². The Morgan fingerprint density at radius 3 is 2.20 bits per heavy atom. The summed E-state index contributed by atoms with van der Waals surface area (Å²) >= 11 is 0. The predicted molar refractivity (Wildman–Crippen MR) is 63.6 cm³/mol. The highest BCUT2D eigenvalue weighted by molar-refractivity contribution is 5.98. The highest BCUT2D eigenvalue weighted by atomic mass is 16.6. The summed E-state index contributed by atoms with van der Waals surface area (Å²) in [6, 6.07) is -1.77. The van der Waals surface area contributed by atoms with E-state index in [9.17, 15) is 19.2 Å². The molecule has 1 atom stereocenters. The van der Waals surface area contributed by atoms with Crippen LogP contribution < -0.4 is 0 Å². The van der Waals surface area contributed by atoms with E-state index < -0.39 is 30.1 Å². The fourth-order valence-corrected chi connectivity index (χ4v) is 1.21. The summed E-state index contributed by atoms with van der Waals surface area (Å²) in [5, 5.41) is 6.08. The van der Waals surface area contributed by atoms with Crippen molar-refractivity contribution in [3.8, 4) is 0 Å². The van der Waals surface area contributed by atoms with Crippen molar-refractivity contribution in [3.63, 3.8) is 0 Å². The van der Waals surface area contributed by atoms with Gasteiger partial charge in [-0.3, -0.25) is 0 Å². The van der Waals surface area contributed by atoms with Gasteiger partial charge in [0.2, 0.25) is 0 Å². The highest BCUT2D eigenvalue weighted by Gasteiger charge is 2.31. The first-order chi connectivity index (χ1) is 9.47. The van der Waals surface area contributed by atoms with Crippen LogP contribution in [0.15, 0.2) is 35.5 Å². The molecule has 0 radical (unpaired) electrons.